The van der Waals surface area contributed by atoms with Crippen LogP contribution in [0.2, 0.25) is 0 Å². The second kappa shape index (κ2) is 4.87. The number of hydrogen-bond donors (Lipinski definition) is 1. The number of fused-ring (bicyclic) bond motifs is 3. The summed E-state index contributed by atoms with van der Waals surface area (Å²) in [7, 11) is 0. The summed E-state index contributed by atoms with van der Waals surface area (Å²) in [6.45, 7) is 0. The third kappa shape index (κ3) is 1.99. The van der Waals surface area contributed by atoms with E-state index in [9.17, 15) is 0 Å². The van der Waals surface area contributed by atoms with Crippen molar-refractivity contribution in [3.8, 4) is 11.1 Å². The minimum Gasteiger partial charge on any atom is -0.261 e. The third-order valence-electron chi connectivity index (χ3n) is 3.60. The van der Waals surface area contributed by atoms with Gasteiger partial charge >= 0.3 is 0 Å². The molecule has 0 atom stereocenters. The maximum atomic E-state index is 4.58. The summed E-state index contributed by atoms with van der Waals surface area (Å²) in [5, 5.41) is 4.58. The van der Waals surface area contributed by atoms with Crippen molar-refractivity contribution in [2.24, 2.45) is 5.10 Å². The van der Waals surface area contributed by atoms with Crippen LogP contribution in [0.5, 0.6) is 0 Å². The molecule has 4 rings (SSSR count). The number of nitrogens with zero attached hydrogens (tertiary/aromatic N) is 2. The van der Waals surface area contributed by atoms with Crippen LogP contribution in [-0.4, -0.2) is 10.7 Å². The predicted molar refractivity (Wildman–Crippen MR) is 85.4 cm³/mol. The van der Waals surface area contributed by atoms with Gasteiger partial charge in [0.15, 0.2) is 0 Å². The molecular formula is C18H13N3. The van der Waals surface area contributed by atoms with Crippen molar-refractivity contribution >= 4 is 11.5 Å². The molecule has 0 spiro atoms. The molecular weight excluding hydrogens is 258 g/mol. The highest BCUT2D eigenvalue weighted by Crippen LogP contribution is 2.36. The molecule has 0 bridgehead atoms. The van der Waals surface area contributed by atoms with E-state index in [2.05, 4.69) is 51.9 Å². The fourth-order valence-corrected chi connectivity index (χ4v) is 2.66. The van der Waals surface area contributed by atoms with Crippen molar-refractivity contribution in [2.45, 2.75) is 0 Å². The molecule has 100 valence electrons. The first-order valence-electron chi connectivity index (χ1n) is 6.87. The minimum atomic E-state index is 0.742. The Morgan fingerprint density at radius 1 is 0.667 bits per heavy atom. The summed E-state index contributed by atoms with van der Waals surface area (Å²) < 4.78 is 0. The molecule has 3 aromatic rings. The van der Waals surface area contributed by atoms with E-state index in [0.717, 1.165) is 22.7 Å². The van der Waals surface area contributed by atoms with E-state index in [0.29, 0.717) is 0 Å². The van der Waals surface area contributed by atoms with Crippen LogP contribution in [0.3, 0.4) is 0 Å². The van der Waals surface area contributed by atoms with E-state index in [1.807, 2.05) is 30.3 Å². The van der Waals surface area contributed by atoms with E-state index in [4.69, 9.17) is 0 Å². The van der Waals surface area contributed by atoms with Crippen molar-refractivity contribution in [1.82, 2.24) is 4.98 Å². The van der Waals surface area contributed by atoms with Crippen LogP contribution in [0.4, 0.5) is 5.82 Å². The molecule has 3 heteroatoms. The lowest BCUT2D eigenvalue weighted by molar-refractivity contribution is 1.22. The van der Waals surface area contributed by atoms with Crippen LogP contribution in [0.15, 0.2) is 78.0 Å². The Kier molecular flexibility index (Phi) is 2.75. The summed E-state index contributed by atoms with van der Waals surface area (Å²) >= 11 is 0. The number of anilines is 1. The van der Waals surface area contributed by atoms with Gasteiger partial charge < -0.3 is 0 Å². The normalized spacial score (nSPS) is 11.7. The van der Waals surface area contributed by atoms with Crippen molar-refractivity contribution < 1.29 is 0 Å². The Hall–Kier alpha value is -2.94. The highest BCUT2D eigenvalue weighted by molar-refractivity contribution is 6.24. The average molecular weight is 271 g/mol. The number of hydrogen-bond acceptors (Lipinski definition) is 3. The van der Waals surface area contributed by atoms with Crippen molar-refractivity contribution in [2.75, 3.05) is 5.43 Å². The van der Waals surface area contributed by atoms with Crippen LogP contribution >= 0.6 is 0 Å². The van der Waals surface area contributed by atoms with Crippen LogP contribution in [0, 0.1) is 0 Å². The van der Waals surface area contributed by atoms with Gasteiger partial charge in [-0.15, -0.1) is 0 Å². The van der Waals surface area contributed by atoms with Gasteiger partial charge in [-0.2, -0.15) is 5.10 Å². The fourth-order valence-electron chi connectivity index (χ4n) is 2.66. The van der Waals surface area contributed by atoms with E-state index in [-0.39, 0.29) is 0 Å². The lowest BCUT2D eigenvalue weighted by atomic mass is 10.1. The topological polar surface area (TPSA) is 37.3 Å². The van der Waals surface area contributed by atoms with Crippen LogP contribution in [-0.2, 0) is 0 Å². The number of nitrogens with one attached hydrogen (secondary N) is 1. The van der Waals surface area contributed by atoms with Gasteiger partial charge in [0.2, 0.25) is 0 Å². The zero-order valence-electron chi connectivity index (χ0n) is 11.3. The molecule has 21 heavy (non-hydrogen) atoms. The lowest BCUT2D eigenvalue weighted by Crippen LogP contribution is -2.03. The van der Waals surface area contributed by atoms with Crippen LogP contribution in [0.25, 0.3) is 11.1 Å². The van der Waals surface area contributed by atoms with E-state index < -0.39 is 0 Å². The third-order valence-corrected chi connectivity index (χ3v) is 3.60. The molecule has 0 amide bonds. The quantitative estimate of drug-likeness (QED) is 0.561. The number of pyridine rings is 1. The molecule has 1 N–H and O–H groups in total. The van der Waals surface area contributed by atoms with Gasteiger partial charge in [-0.3, -0.25) is 5.43 Å². The highest BCUT2D eigenvalue weighted by atomic mass is 15.3. The average Bonchev–Trinajstić information content (AvgIpc) is 2.88. The molecule has 2 aromatic carbocycles. The van der Waals surface area contributed by atoms with E-state index in [1.165, 1.54) is 11.1 Å². The molecule has 1 aromatic heterocycles. The Labute approximate surface area is 123 Å². The predicted octanol–water partition coefficient (Wildman–Crippen LogP) is 3.93. The molecule has 3 nitrogen and oxygen atoms in total. The molecule has 1 aliphatic rings. The SMILES string of the molecule is c1ccc(NN=C2c3ccccc3-c3ccccc32)nc1. The second-order valence-corrected chi connectivity index (χ2v) is 4.88. The second-order valence-electron chi connectivity index (χ2n) is 4.88. The van der Waals surface area contributed by atoms with Crippen molar-refractivity contribution in [3.05, 3.63) is 84.1 Å². The van der Waals surface area contributed by atoms with E-state index >= 15 is 0 Å². The zero-order valence-corrected chi connectivity index (χ0v) is 11.3. The molecule has 0 unspecified atom stereocenters. The molecule has 1 heterocycles. The summed E-state index contributed by atoms with van der Waals surface area (Å²) in [4.78, 5) is 4.23. The lowest BCUT2D eigenvalue weighted by Gasteiger charge is -2.03. The number of rotatable bonds is 2. The maximum Gasteiger partial charge on any atom is 0.146 e. The molecule has 0 saturated carbocycles. The number of aromatic nitrogens is 1. The van der Waals surface area contributed by atoms with Gasteiger partial charge in [0.05, 0.1) is 5.71 Å². The monoisotopic (exact) mass is 271 g/mol. The number of benzene rings is 2. The van der Waals surface area contributed by atoms with Crippen LogP contribution < -0.4 is 5.43 Å². The summed E-state index contributed by atoms with van der Waals surface area (Å²) in [6.07, 6.45) is 1.75. The standard InChI is InChI=1S/C18H13N3/c1-3-9-15-13(7-1)14-8-2-4-10-16(14)18(15)21-20-17-11-5-6-12-19-17/h1-12H,(H,19,20). The molecule has 0 radical (unpaired) electrons. The first-order chi connectivity index (χ1) is 10.4. The Morgan fingerprint density at radius 3 is 1.81 bits per heavy atom. The summed E-state index contributed by atoms with van der Waals surface area (Å²) in [5.74, 6) is 0.742. The first-order valence-corrected chi connectivity index (χ1v) is 6.87. The van der Waals surface area contributed by atoms with Gasteiger partial charge in [0.25, 0.3) is 0 Å². The van der Waals surface area contributed by atoms with Gasteiger partial charge in [0.1, 0.15) is 5.82 Å². The smallest absolute Gasteiger partial charge is 0.146 e. The summed E-state index contributed by atoms with van der Waals surface area (Å²) in [6, 6.07) is 22.4. The van der Waals surface area contributed by atoms with Gasteiger partial charge in [-0.25, -0.2) is 4.98 Å². The fraction of sp³-hybridized carbons (Fsp3) is 0. The van der Waals surface area contributed by atoms with Crippen molar-refractivity contribution in [3.63, 3.8) is 0 Å². The molecule has 0 aliphatic heterocycles. The largest absolute Gasteiger partial charge is 0.261 e. The van der Waals surface area contributed by atoms with Gasteiger partial charge in [-0.05, 0) is 23.3 Å². The Bertz CT molecular complexity index is 775. The van der Waals surface area contributed by atoms with Gasteiger partial charge in [0, 0.05) is 17.3 Å². The number of hydrazone groups is 1. The maximum absolute atomic E-state index is 4.58. The first kappa shape index (κ1) is 11.9. The Morgan fingerprint density at radius 2 is 1.24 bits per heavy atom. The highest BCUT2D eigenvalue weighted by Gasteiger charge is 2.23. The molecule has 1 aliphatic carbocycles. The van der Waals surface area contributed by atoms with Gasteiger partial charge in [-0.1, -0.05) is 54.6 Å². The van der Waals surface area contributed by atoms with Crippen molar-refractivity contribution in [1.29, 1.82) is 0 Å². The zero-order chi connectivity index (χ0) is 14.1. The minimum absolute atomic E-state index is 0.742. The summed E-state index contributed by atoms with van der Waals surface area (Å²) in [5.41, 5.74) is 8.78. The molecule has 0 saturated heterocycles. The van der Waals surface area contributed by atoms with Crippen LogP contribution in [0.1, 0.15) is 11.1 Å². The molecule has 0 fully saturated rings. The van der Waals surface area contributed by atoms with E-state index in [1.54, 1.807) is 6.20 Å². The Balaban J connectivity index is 1.82.